The highest BCUT2D eigenvalue weighted by molar-refractivity contribution is 7.93. The van der Waals surface area contributed by atoms with Gasteiger partial charge >= 0.3 is 0 Å². The molecule has 0 saturated heterocycles. The Kier molecular flexibility index (Phi) is 6.49. The molecule has 9 nitrogen and oxygen atoms in total. The average molecular weight is 505 g/mol. The fourth-order valence-corrected chi connectivity index (χ4v) is 5.93. The number of thiazole rings is 2. The van der Waals surface area contributed by atoms with E-state index in [1.165, 1.54) is 30.6 Å². The van der Waals surface area contributed by atoms with Gasteiger partial charge in [0.15, 0.2) is 10.3 Å². The molecule has 0 bridgehead atoms. The summed E-state index contributed by atoms with van der Waals surface area (Å²) in [5, 5.41) is 3.29. The van der Waals surface area contributed by atoms with Crippen molar-refractivity contribution < 1.29 is 22.7 Å². The van der Waals surface area contributed by atoms with Crippen molar-refractivity contribution in [3.05, 3.63) is 53.0 Å². The Morgan fingerprint density at radius 1 is 1.03 bits per heavy atom. The normalized spacial score (nSPS) is 11.4. The van der Waals surface area contributed by atoms with Crippen LogP contribution in [0.15, 0.2) is 47.4 Å². The van der Waals surface area contributed by atoms with E-state index in [0.29, 0.717) is 23.2 Å². The second-order valence-electron chi connectivity index (χ2n) is 6.75. The van der Waals surface area contributed by atoms with Gasteiger partial charge in [-0.3, -0.25) is 14.8 Å². The lowest BCUT2D eigenvalue weighted by Crippen LogP contribution is -2.12. The van der Waals surface area contributed by atoms with E-state index in [0.717, 1.165) is 27.3 Å². The lowest BCUT2D eigenvalue weighted by Gasteiger charge is -2.06. The van der Waals surface area contributed by atoms with Crippen LogP contribution in [-0.2, 0) is 10.0 Å². The molecule has 2 aromatic carbocycles. The summed E-state index contributed by atoms with van der Waals surface area (Å²) in [6, 6.07) is 11.5. The first-order chi connectivity index (χ1) is 15.8. The Hall–Kier alpha value is -3.22. The highest BCUT2D eigenvalue weighted by Crippen LogP contribution is 2.31. The summed E-state index contributed by atoms with van der Waals surface area (Å²) >= 11 is 2.27. The molecule has 0 aliphatic heterocycles. The van der Waals surface area contributed by atoms with Crippen molar-refractivity contribution in [2.45, 2.75) is 18.7 Å². The van der Waals surface area contributed by atoms with Crippen molar-refractivity contribution in [1.82, 2.24) is 9.97 Å². The Balaban J connectivity index is 1.50. The molecular formula is C21H20N4O5S3. The zero-order valence-corrected chi connectivity index (χ0v) is 20.4. The van der Waals surface area contributed by atoms with E-state index in [4.69, 9.17) is 9.47 Å². The fraction of sp³-hybridized carbons (Fsp3) is 0.190. The number of nitrogens with one attached hydrogen (secondary N) is 2. The van der Waals surface area contributed by atoms with Crippen LogP contribution >= 0.6 is 22.7 Å². The van der Waals surface area contributed by atoms with Crippen molar-refractivity contribution in [3.8, 4) is 11.5 Å². The number of sulfonamides is 1. The number of anilines is 2. The smallest absolute Gasteiger partial charge is 0.269 e. The van der Waals surface area contributed by atoms with Crippen LogP contribution in [-0.4, -0.2) is 38.0 Å². The Morgan fingerprint density at radius 3 is 2.45 bits per heavy atom. The van der Waals surface area contributed by atoms with Gasteiger partial charge in [0, 0.05) is 0 Å². The molecule has 0 radical (unpaired) electrons. The van der Waals surface area contributed by atoms with Gasteiger partial charge in [-0.1, -0.05) is 22.7 Å². The Labute approximate surface area is 198 Å². The molecule has 0 saturated carbocycles. The van der Waals surface area contributed by atoms with Crippen molar-refractivity contribution in [3.63, 3.8) is 0 Å². The number of carbonyl (C=O) groups excluding carboxylic acids is 1. The van der Waals surface area contributed by atoms with E-state index >= 15 is 0 Å². The van der Waals surface area contributed by atoms with E-state index in [1.54, 1.807) is 19.1 Å². The van der Waals surface area contributed by atoms with E-state index in [-0.39, 0.29) is 14.9 Å². The fourth-order valence-electron chi connectivity index (χ4n) is 2.95. The van der Waals surface area contributed by atoms with Gasteiger partial charge in [0.25, 0.3) is 15.9 Å². The summed E-state index contributed by atoms with van der Waals surface area (Å²) in [6.07, 6.45) is 0. The minimum Gasteiger partial charge on any atom is -0.497 e. The zero-order valence-electron chi connectivity index (χ0n) is 17.9. The summed E-state index contributed by atoms with van der Waals surface area (Å²) in [4.78, 5) is 21.8. The molecule has 0 fully saturated rings. The lowest BCUT2D eigenvalue weighted by molar-refractivity contribution is 0.103. The van der Waals surface area contributed by atoms with E-state index < -0.39 is 15.9 Å². The molecule has 2 N–H and O–H groups in total. The van der Waals surface area contributed by atoms with Gasteiger partial charge in [0.1, 0.15) is 16.4 Å². The molecule has 33 heavy (non-hydrogen) atoms. The van der Waals surface area contributed by atoms with Crippen LogP contribution in [0.2, 0.25) is 0 Å². The molecule has 0 unspecified atom stereocenters. The number of benzene rings is 2. The van der Waals surface area contributed by atoms with E-state index in [9.17, 15) is 13.2 Å². The van der Waals surface area contributed by atoms with E-state index in [2.05, 4.69) is 20.0 Å². The largest absolute Gasteiger partial charge is 0.497 e. The molecule has 2 heterocycles. The molecule has 4 aromatic rings. The SMILES string of the molecule is CCOc1ccc2nc(NC(=O)c3sc(NS(=O)(=O)c4ccc(OC)cc4)nc3C)sc2c1. The highest BCUT2D eigenvalue weighted by Gasteiger charge is 2.21. The molecule has 12 heteroatoms. The van der Waals surface area contributed by atoms with Gasteiger partial charge in [-0.25, -0.2) is 18.4 Å². The minimum atomic E-state index is -3.86. The van der Waals surface area contributed by atoms with Crippen LogP contribution in [0.3, 0.4) is 0 Å². The molecule has 4 rings (SSSR count). The third-order valence-electron chi connectivity index (χ3n) is 4.49. The Morgan fingerprint density at radius 2 is 1.76 bits per heavy atom. The number of nitrogens with zero attached hydrogens (tertiary/aromatic N) is 2. The number of rotatable bonds is 8. The van der Waals surface area contributed by atoms with Gasteiger partial charge < -0.3 is 9.47 Å². The van der Waals surface area contributed by atoms with Crippen LogP contribution in [0.1, 0.15) is 22.3 Å². The maximum absolute atomic E-state index is 12.8. The summed E-state index contributed by atoms with van der Waals surface area (Å²) in [6.45, 7) is 4.11. The highest BCUT2D eigenvalue weighted by atomic mass is 32.2. The number of fused-ring (bicyclic) bond motifs is 1. The first-order valence-electron chi connectivity index (χ1n) is 9.78. The first-order valence-corrected chi connectivity index (χ1v) is 12.9. The number of aromatic nitrogens is 2. The number of hydrogen-bond donors (Lipinski definition) is 2. The molecular weight excluding hydrogens is 484 g/mol. The molecule has 172 valence electrons. The molecule has 0 aliphatic carbocycles. The molecule has 0 spiro atoms. The number of methoxy groups -OCH3 is 1. The summed E-state index contributed by atoms with van der Waals surface area (Å²) < 4.78 is 39.2. The number of aryl methyl sites for hydroxylation is 1. The molecule has 1 amide bonds. The van der Waals surface area contributed by atoms with Crippen LogP contribution in [0.4, 0.5) is 10.3 Å². The van der Waals surface area contributed by atoms with Crippen molar-refractivity contribution in [1.29, 1.82) is 0 Å². The number of hydrogen-bond acceptors (Lipinski definition) is 9. The van der Waals surface area contributed by atoms with Gasteiger partial charge in [-0.05, 0) is 56.3 Å². The molecule has 2 aromatic heterocycles. The number of ether oxygens (including phenoxy) is 2. The number of carbonyl (C=O) groups is 1. The van der Waals surface area contributed by atoms with Crippen LogP contribution in [0.5, 0.6) is 11.5 Å². The zero-order chi connectivity index (χ0) is 23.6. The van der Waals surface area contributed by atoms with Gasteiger partial charge in [0.2, 0.25) is 0 Å². The van der Waals surface area contributed by atoms with Crippen molar-refractivity contribution >= 4 is 59.1 Å². The number of amides is 1. The van der Waals surface area contributed by atoms with Gasteiger partial charge in [0.05, 0.1) is 34.5 Å². The Bertz CT molecular complexity index is 1410. The van der Waals surface area contributed by atoms with Crippen LogP contribution in [0.25, 0.3) is 10.2 Å². The molecule has 0 atom stereocenters. The van der Waals surface area contributed by atoms with E-state index in [1.807, 2.05) is 25.1 Å². The second kappa shape index (κ2) is 9.33. The standard InChI is InChI=1S/C21H20N4O5S3/c1-4-30-14-7-10-16-17(11-14)31-20(23-16)24-19(26)18-12(2)22-21(32-18)25-33(27,28)15-8-5-13(29-3)6-9-15/h5-11H,4H2,1-3H3,(H,22,25)(H,23,24,26). The molecule has 0 aliphatic rings. The van der Waals surface area contributed by atoms with Crippen LogP contribution < -0.4 is 19.5 Å². The van der Waals surface area contributed by atoms with Gasteiger partial charge in [-0.15, -0.1) is 0 Å². The predicted molar refractivity (Wildman–Crippen MR) is 129 cm³/mol. The van der Waals surface area contributed by atoms with Crippen LogP contribution in [0, 0.1) is 6.92 Å². The third kappa shape index (κ3) is 5.07. The predicted octanol–water partition coefficient (Wildman–Crippen LogP) is 4.52. The summed E-state index contributed by atoms with van der Waals surface area (Å²) in [5.74, 6) is 0.865. The summed E-state index contributed by atoms with van der Waals surface area (Å²) in [5.41, 5.74) is 1.15. The first kappa shape index (κ1) is 23.0. The summed E-state index contributed by atoms with van der Waals surface area (Å²) in [7, 11) is -2.36. The topological polar surface area (TPSA) is 120 Å². The van der Waals surface area contributed by atoms with Crippen molar-refractivity contribution in [2.75, 3.05) is 23.8 Å². The third-order valence-corrected chi connectivity index (χ3v) is 7.97. The second-order valence-corrected chi connectivity index (χ2v) is 10.5. The minimum absolute atomic E-state index is 0.0584. The maximum Gasteiger partial charge on any atom is 0.269 e. The van der Waals surface area contributed by atoms with Gasteiger partial charge in [-0.2, -0.15) is 0 Å². The van der Waals surface area contributed by atoms with Crippen molar-refractivity contribution in [2.24, 2.45) is 0 Å². The average Bonchev–Trinajstić information content (AvgIpc) is 3.35. The quantitative estimate of drug-likeness (QED) is 0.362. The lowest BCUT2D eigenvalue weighted by atomic mass is 10.3. The maximum atomic E-state index is 12.8. The monoisotopic (exact) mass is 504 g/mol.